The molecule has 4 aromatic rings. The fourth-order valence-corrected chi connectivity index (χ4v) is 7.18. The van der Waals surface area contributed by atoms with Crippen LogP contribution in [0.25, 0.3) is 0 Å². The molecular weight excluding hydrogens is 659 g/mol. The smallest absolute Gasteiger partial charge is 0.375 e. The molecule has 5 rings (SSSR count). The quantitative estimate of drug-likeness (QED) is 0.0626. The van der Waals surface area contributed by atoms with Crippen LogP contribution in [0.5, 0.6) is 11.5 Å². The molecule has 1 aliphatic heterocycles. The second kappa shape index (κ2) is 14.6. The van der Waals surface area contributed by atoms with Crippen molar-refractivity contribution in [2.45, 2.75) is 69.4 Å². The van der Waals surface area contributed by atoms with Crippen LogP contribution in [-0.4, -0.2) is 62.5 Å². The van der Waals surface area contributed by atoms with Crippen molar-refractivity contribution in [1.29, 1.82) is 0 Å². The Morgan fingerprint density at radius 2 is 1.50 bits per heavy atom. The van der Waals surface area contributed by atoms with Gasteiger partial charge in [0.2, 0.25) is 11.8 Å². The number of H-pyrrole nitrogens is 1. The minimum atomic E-state index is -2.36. The number of nitro groups is 1. The summed E-state index contributed by atoms with van der Waals surface area (Å²) in [6.07, 6.45) is -1.60. The zero-order chi connectivity index (χ0) is 36.3. The summed E-state index contributed by atoms with van der Waals surface area (Å²) in [6.45, 7) is 10.8. The summed E-state index contributed by atoms with van der Waals surface area (Å²) >= 11 is 0. The predicted molar refractivity (Wildman–Crippen MR) is 193 cm³/mol. The van der Waals surface area contributed by atoms with Crippen LogP contribution in [0.1, 0.15) is 43.9 Å². The number of hydrogen-bond acceptors (Lipinski definition) is 11. The van der Waals surface area contributed by atoms with Crippen molar-refractivity contribution in [3.05, 3.63) is 116 Å². The van der Waals surface area contributed by atoms with Crippen LogP contribution in [-0.2, 0) is 19.5 Å². The molecular formula is C36H45N5O8Si. The van der Waals surface area contributed by atoms with Gasteiger partial charge in [-0.2, -0.15) is 4.98 Å². The van der Waals surface area contributed by atoms with E-state index < -0.39 is 48.5 Å². The first-order valence-electron chi connectivity index (χ1n) is 16.3. The van der Waals surface area contributed by atoms with E-state index in [4.69, 9.17) is 29.1 Å². The number of rotatable bonds is 13. The molecule has 1 unspecified atom stereocenters. The lowest BCUT2D eigenvalue weighted by molar-refractivity contribution is -0.385. The number of ether oxygens (including phenoxy) is 4. The Kier molecular flexibility index (Phi) is 10.7. The number of hydrogen-bond donors (Lipinski definition) is 3. The van der Waals surface area contributed by atoms with Crippen molar-refractivity contribution in [2.24, 2.45) is 0 Å². The maximum Gasteiger partial charge on any atom is 0.375 e. The highest BCUT2D eigenvalue weighted by Crippen LogP contribution is 2.44. The molecule has 4 N–H and O–H groups in total. The molecule has 3 atom stereocenters. The maximum absolute atomic E-state index is 12.4. The van der Waals surface area contributed by atoms with Crippen molar-refractivity contribution < 1.29 is 28.3 Å². The fraction of sp³-hybridized carbons (Fsp3) is 0.389. The molecule has 0 bridgehead atoms. The average Bonchev–Trinajstić information content (AvgIpc) is 3.44. The van der Waals surface area contributed by atoms with E-state index in [1.165, 1.54) is 0 Å². The summed E-state index contributed by atoms with van der Waals surface area (Å²) in [5, 5.41) is 14.7. The van der Waals surface area contributed by atoms with Crippen LogP contribution in [0, 0.1) is 10.1 Å². The topological polar surface area (TPSA) is 173 Å². The molecule has 13 nitrogen and oxygen atoms in total. The highest BCUT2D eigenvalue weighted by molar-refractivity contribution is 6.74. The van der Waals surface area contributed by atoms with Crippen molar-refractivity contribution >= 4 is 25.8 Å². The molecule has 14 heteroatoms. The van der Waals surface area contributed by atoms with Gasteiger partial charge >= 0.3 is 11.2 Å². The van der Waals surface area contributed by atoms with E-state index >= 15 is 0 Å². The first-order chi connectivity index (χ1) is 23.7. The molecule has 1 fully saturated rings. The maximum atomic E-state index is 12.4. The summed E-state index contributed by atoms with van der Waals surface area (Å²) in [5.74, 6) is 0.847. The van der Waals surface area contributed by atoms with Crippen LogP contribution in [0.4, 0.5) is 17.5 Å². The van der Waals surface area contributed by atoms with Crippen LogP contribution < -0.4 is 26.1 Å². The summed E-state index contributed by atoms with van der Waals surface area (Å²) in [7, 11) is 0.880. The highest BCUT2D eigenvalue weighted by Gasteiger charge is 2.47. The van der Waals surface area contributed by atoms with Crippen molar-refractivity contribution in [3.8, 4) is 11.5 Å². The predicted octanol–water partition coefficient (Wildman–Crippen LogP) is 6.20. The first-order valence-corrected chi connectivity index (χ1v) is 19.2. The Morgan fingerprint density at radius 1 is 0.960 bits per heavy atom. The van der Waals surface area contributed by atoms with E-state index in [-0.39, 0.29) is 23.4 Å². The van der Waals surface area contributed by atoms with Gasteiger partial charge in [0.15, 0.2) is 8.32 Å². The summed E-state index contributed by atoms with van der Waals surface area (Å²) in [6, 6.07) is 25.4. The Balaban J connectivity index is 1.57. The van der Waals surface area contributed by atoms with Gasteiger partial charge in [0.05, 0.1) is 31.9 Å². The highest BCUT2D eigenvalue weighted by atomic mass is 28.4. The van der Waals surface area contributed by atoms with Gasteiger partial charge in [-0.05, 0) is 59.1 Å². The molecule has 1 aliphatic rings. The van der Waals surface area contributed by atoms with Crippen LogP contribution in [0.3, 0.4) is 0 Å². The summed E-state index contributed by atoms with van der Waals surface area (Å²) in [4.78, 5) is 29.7. The molecule has 1 saturated heterocycles. The molecule has 0 saturated carbocycles. The van der Waals surface area contributed by atoms with Gasteiger partial charge in [0.1, 0.15) is 29.4 Å². The Labute approximate surface area is 292 Å². The second-order valence-electron chi connectivity index (χ2n) is 13.7. The fourth-order valence-electron chi connectivity index (χ4n) is 5.82. The monoisotopic (exact) mass is 703 g/mol. The van der Waals surface area contributed by atoms with Gasteiger partial charge < -0.3 is 34.4 Å². The third kappa shape index (κ3) is 7.53. The molecule has 2 heterocycles. The van der Waals surface area contributed by atoms with E-state index in [2.05, 4.69) is 49.1 Å². The van der Waals surface area contributed by atoms with Crippen molar-refractivity contribution in [3.63, 3.8) is 0 Å². The molecule has 0 amide bonds. The number of benzene rings is 3. The number of aromatic amines is 1. The Hall–Kier alpha value is -4.76. The molecule has 0 aliphatic carbocycles. The third-order valence-corrected chi connectivity index (χ3v) is 14.0. The van der Waals surface area contributed by atoms with Gasteiger partial charge in [-0.3, -0.25) is 19.9 Å². The van der Waals surface area contributed by atoms with Gasteiger partial charge in [0.25, 0.3) is 0 Å². The standard InChI is InChI=1S/C36H45N5O8Si/c1-35(2,3)50(6,7)49-28-21-30(38-32-31(41(43)44)33(42)40-34(37)39-32)48-29(28)22-47-36(23-11-9-8-10-12-23,24-13-17-26(45-4)18-14-24)25-15-19-27(46-5)20-16-25/h8-20,28-30H,21-22H2,1-7H3,(H4,37,38,39,40,42)/t28-,29+,30?/m0/s1. The van der Waals surface area contributed by atoms with E-state index in [0.29, 0.717) is 17.9 Å². The van der Waals surface area contributed by atoms with Crippen molar-refractivity contribution in [1.82, 2.24) is 9.97 Å². The SMILES string of the molecule is COc1ccc(C(OC[C@H]2OC(Nc3nc(N)[nH]c(=O)c3[N+](=O)[O-])C[C@@H]2O[Si](C)(C)C(C)(C)C)(c2ccccc2)c2ccc(OC)cc2)cc1. The number of aromatic nitrogens is 2. The molecule has 0 radical (unpaired) electrons. The van der Waals surface area contributed by atoms with E-state index in [1.54, 1.807) is 14.2 Å². The van der Waals surface area contributed by atoms with E-state index in [9.17, 15) is 14.9 Å². The van der Waals surface area contributed by atoms with E-state index in [1.807, 2.05) is 78.9 Å². The lowest BCUT2D eigenvalue weighted by Gasteiger charge is -2.40. The number of nitrogens with two attached hydrogens (primary N) is 1. The minimum Gasteiger partial charge on any atom is -0.497 e. The number of anilines is 2. The van der Waals surface area contributed by atoms with Crippen LogP contribution in [0.15, 0.2) is 83.7 Å². The average molecular weight is 704 g/mol. The first kappa shape index (κ1) is 36.5. The van der Waals surface area contributed by atoms with Gasteiger partial charge in [-0.25, -0.2) is 0 Å². The molecule has 266 valence electrons. The minimum absolute atomic E-state index is 0.0669. The van der Waals surface area contributed by atoms with Gasteiger partial charge in [-0.1, -0.05) is 75.4 Å². The van der Waals surface area contributed by atoms with Crippen LogP contribution >= 0.6 is 0 Å². The zero-order valence-corrected chi connectivity index (χ0v) is 30.4. The Bertz CT molecular complexity index is 1780. The molecule has 1 aromatic heterocycles. The summed E-state index contributed by atoms with van der Waals surface area (Å²) < 4.78 is 31.6. The Morgan fingerprint density at radius 3 is 2.00 bits per heavy atom. The number of methoxy groups -OCH3 is 2. The number of nitrogens with zero attached hydrogens (tertiary/aromatic N) is 2. The largest absolute Gasteiger partial charge is 0.497 e. The lowest BCUT2D eigenvalue weighted by Crippen LogP contribution is -2.47. The number of nitrogens with one attached hydrogen (secondary N) is 2. The van der Waals surface area contributed by atoms with Crippen LogP contribution in [0.2, 0.25) is 18.1 Å². The summed E-state index contributed by atoms with van der Waals surface area (Å²) in [5.41, 5.74) is 5.50. The van der Waals surface area contributed by atoms with Gasteiger partial charge in [-0.15, -0.1) is 0 Å². The number of nitrogen functional groups attached to an aromatic ring is 1. The lowest BCUT2D eigenvalue weighted by atomic mass is 9.80. The normalized spacial score (nSPS) is 18.1. The van der Waals surface area contributed by atoms with Crippen molar-refractivity contribution in [2.75, 3.05) is 31.9 Å². The molecule has 0 spiro atoms. The second-order valence-corrected chi connectivity index (χ2v) is 18.4. The third-order valence-electron chi connectivity index (χ3n) is 9.48. The molecule has 50 heavy (non-hydrogen) atoms. The zero-order valence-electron chi connectivity index (χ0n) is 29.4. The molecule has 3 aromatic carbocycles. The van der Waals surface area contributed by atoms with Gasteiger partial charge in [0, 0.05) is 6.42 Å². The van der Waals surface area contributed by atoms with E-state index in [0.717, 1.165) is 16.7 Å².